The van der Waals surface area contributed by atoms with E-state index in [2.05, 4.69) is 11.4 Å². The second-order valence-corrected chi connectivity index (χ2v) is 5.20. The maximum atomic E-state index is 9.06. The van der Waals surface area contributed by atoms with Crippen LogP contribution in [0.2, 0.25) is 0 Å². The monoisotopic (exact) mass is 299 g/mol. The van der Waals surface area contributed by atoms with Crippen LogP contribution in [0.1, 0.15) is 16.0 Å². The van der Waals surface area contributed by atoms with Crippen molar-refractivity contribution in [2.45, 2.75) is 6.54 Å². The van der Waals surface area contributed by atoms with Gasteiger partial charge in [-0.1, -0.05) is 0 Å². The molecule has 0 spiro atoms. The van der Waals surface area contributed by atoms with Gasteiger partial charge in [0.2, 0.25) is 0 Å². The Morgan fingerprint density at radius 1 is 1.05 bits per heavy atom. The molecule has 0 radical (unpaired) electrons. The fourth-order valence-corrected chi connectivity index (χ4v) is 2.61. The Bertz CT molecular complexity index is 703. The number of benzene rings is 1. The summed E-state index contributed by atoms with van der Waals surface area (Å²) in [6, 6.07) is 11.3. The van der Waals surface area contributed by atoms with Crippen molar-refractivity contribution in [3.63, 3.8) is 0 Å². The van der Waals surface area contributed by atoms with E-state index in [-0.39, 0.29) is 0 Å². The molecule has 1 aromatic heterocycles. The maximum absolute atomic E-state index is 9.06. The average Bonchev–Trinajstić information content (AvgIpc) is 2.94. The van der Waals surface area contributed by atoms with E-state index in [0.29, 0.717) is 33.5 Å². The standard InChI is InChI=1S/C15H13N3O2S/c1-19-12-3-10(4-13(6-12)20-2)9-18-15-11(7-16)5-14(8-17)21-15/h3-6,18H,9H2,1-2H3. The van der Waals surface area contributed by atoms with Gasteiger partial charge in [0, 0.05) is 12.6 Å². The highest BCUT2D eigenvalue weighted by atomic mass is 32.1. The van der Waals surface area contributed by atoms with Crippen LogP contribution >= 0.6 is 11.3 Å². The van der Waals surface area contributed by atoms with E-state index < -0.39 is 0 Å². The molecule has 0 saturated carbocycles. The predicted octanol–water partition coefficient (Wildman–Crippen LogP) is 3.12. The molecule has 0 amide bonds. The summed E-state index contributed by atoms with van der Waals surface area (Å²) >= 11 is 1.27. The predicted molar refractivity (Wildman–Crippen MR) is 80.6 cm³/mol. The van der Waals surface area contributed by atoms with Crippen LogP contribution in [-0.4, -0.2) is 14.2 Å². The van der Waals surface area contributed by atoms with E-state index in [1.807, 2.05) is 18.2 Å². The third kappa shape index (κ3) is 3.44. The fraction of sp³-hybridized carbons (Fsp3) is 0.200. The number of anilines is 1. The number of methoxy groups -OCH3 is 2. The summed E-state index contributed by atoms with van der Waals surface area (Å²) in [6.45, 7) is 0.508. The first kappa shape index (κ1) is 14.7. The lowest BCUT2D eigenvalue weighted by Crippen LogP contribution is -2.00. The lowest BCUT2D eigenvalue weighted by atomic mass is 10.2. The minimum absolute atomic E-state index is 0.478. The molecule has 6 heteroatoms. The molecule has 2 aromatic rings. The highest BCUT2D eigenvalue weighted by molar-refractivity contribution is 7.16. The molecule has 0 aliphatic rings. The maximum Gasteiger partial charge on any atom is 0.122 e. The molecule has 0 atom stereocenters. The van der Waals surface area contributed by atoms with E-state index in [0.717, 1.165) is 5.56 Å². The highest BCUT2D eigenvalue weighted by Gasteiger charge is 2.09. The summed E-state index contributed by atoms with van der Waals surface area (Å²) in [7, 11) is 3.19. The van der Waals surface area contributed by atoms with Crippen molar-refractivity contribution < 1.29 is 9.47 Å². The number of ether oxygens (including phenoxy) is 2. The van der Waals surface area contributed by atoms with Gasteiger partial charge in [-0.3, -0.25) is 0 Å². The average molecular weight is 299 g/mol. The summed E-state index contributed by atoms with van der Waals surface area (Å²) in [4.78, 5) is 0.511. The second-order valence-electron chi connectivity index (χ2n) is 4.15. The van der Waals surface area contributed by atoms with Crippen molar-refractivity contribution in [1.29, 1.82) is 10.5 Å². The number of thiophene rings is 1. The quantitative estimate of drug-likeness (QED) is 0.917. The molecular weight excluding hydrogens is 286 g/mol. The topological polar surface area (TPSA) is 78.1 Å². The van der Waals surface area contributed by atoms with Gasteiger partial charge >= 0.3 is 0 Å². The van der Waals surface area contributed by atoms with Gasteiger partial charge in [0.1, 0.15) is 33.5 Å². The number of rotatable bonds is 5. The number of nitrogens with zero attached hydrogens (tertiary/aromatic N) is 2. The third-order valence-electron chi connectivity index (χ3n) is 2.83. The molecule has 0 fully saturated rings. The van der Waals surface area contributed by atoms with E-state index in [4.69, 9.17) is 20.0 Å². The van der Waals surface area contributed by atoms with E-state index in [1.54, 1.807) is 26.4 Å². The van der Waals surface area contributed by atoms with Crippen molar-refractivity contribution in [2.24, 2.45) is 0 Å². The van der Waals surface area contributed by atoms with Crippen LogP contribution in [0.25, 0.3) is 0 Å². The minimum Gasteiger partial charge on any atom is -0.497 e. The minimum atomic E-state index is 0.478. The van der Waals surface area contributed by atoms with Gasteiger partial charge in [-0.05, 0) is 23.8 Å². The first-order valence-electron chi connectivity index (χ1n) is 6.10. The van der Waals surface area contributed by atoms with Crippen molar-refractivity contribution in [3.05, 3.63) is 40.3 Å². The molecule has 1 N–H and O–H groups in total. The summed E-state index contributed by atoms with van der Waals surface area (Å²) in [5.74, 6) is 1.41. The van der Waals surface area contributed by atoms with Crippen molar-refractivity contribution in [3.8, 4) is 23.6 Å². The molecule has 0 aliphatic heterocycles. The lowest BCUT2D eigenvalue weighted by Gasteiger charge is -2.09. The molecule has 5 nitrogen and oxygen atoms in total. The van der Waals surface area contributed by atoms with Crippen LogP contribution < -0.4 is 14.8 Å². The van der Waals surface area contributed by atoms with Crippen LogP contribution in [0.4, 0.5) is 5.00 Å². The zero-order valence-corrected chi connectivity index (χ0v) is 12.5. The van der Waals surface area contributed by atoms with Gasteiger partial charge in [-0.15, -0.1) is 11.3 Å². The SMILES string of the molecule is COc1cc(CNc2sc(C#N)cc2C#N)cc(OC)c1. The molecule has 106 valence electrons. The second kappa shape index (κ2) is 6.65. The number of nitriles is 2. The Morgan fingerprint density at radius 3 is 2.24 bits per heavy atom. The van der Waals surface area contributed by atoms with Gasteiger partial charge < -0.3 is 14.8 Å². The molecule has 2 rings (SSSR count). The normalized spacial score (nSPS) is 9.52. The fourth-order valence-electron chi connectivity index (χ4n) is 1.81. The Morgan fingerprint density at radius 2 is 1.71 bits per heavy atom. The Labute approximate surface area is 127 Å². The van der Waals surface area contributed by atoms with Crippen LogP contribution in [-0.2, 0) is 6.54 Å². The first-order valence-corrected chi connectivity index (χ1v) is 6.91. The Balaban J connectivity index is 2.18. The summed E-state index contributed by atoms with van der Waals surface area (Å²) in [6.07, 6.45) is 0. The number of hydrogen-bond donors (Lipinski definition) is 1. The Kier molecular flexibility index (Phi) is 4.65. The van der Waals surface area contributed by atoms with Crippen LogP contribution in [0.5, 0.6) is 11.5 Å². The Hall–Kier alpha value is -2.70. The van der Waals surface area contributed by atoms with Crippen molar-refractivity contribution in [2.75, 3.05) is 19.5 Å². The van der Waals surface area contributed by atoms with Gasteiger partial charge in [0.15, 0.2) is 0 Å². The van der Waals surface area contributed by atoms with Gasteiger partial charge in [-0.25, -0.2) is 0 Å². The van der Waals surface area contributed by atoms with Crippen molar-refractivity contribution >= 4 is 16.3 Å². The molecule has 0 bridgehead atoms. The van der Waals surface area contributed by atoms with Crippen LogP contribution in [0.15, 0.2) is 24.3 Å². The highest BCUT2D eigenvalue weighted by Crippen LogP contribution is 2.28. The summed E-state index contributed by atoms with van der Waals surface area (Å²) in [5.41, 5.74) is 1.44. The molecule has 0 saturated heterocycles. The summed E-state index contributed by atoms with van der Waals surface area (Å²) < 4.78 is 10.4. The number of hydrogen-bond acceptors (Lipinski definition) is 6. The molecule has 0 unspecified atom stereocenters. The third-order valence-corrected chi connectivity index (χ3v) is 3.82. The van der Waals surface area contributed by atoms with E-state index >= 15 is 0 Å². The van der Waals surface area contributed by atoms with Crippen LogP contribution in [0, 0.1) is 22.7 Å². The van der Waals surface area contributed by atoms with Gasteiger partial charge in [0.05, 0.1) is 19.8 Å². The molecule has 0 aliphatic carbocycles. The molecule has 1 aromatic carbocycles. The van der Waals surface area contributed by atoms with Gasteiger partial charge in [-0.2, -0.15) is 10.5 Å². The molecular formula is C15H13N3O2S. The van der Waals surface area contributed by atoms with Crippen molar-refractivity contribution in [1.82, 2.24) is 0 Å². The lowest BCUT2D eigenvalue weighted by molar-refractivity contribution is 0.393. The first-order chi connectivity index (χ1) is 10.2. The van der Waals surface area contributed by atoms with Crippen LogP contribution in [0.3, 0.4) is 0 Å². The molecule has 1 heterocycles. The largest absolute Gasteiger partial charge is 0.497 e. The molecule has 21 heavy (non-hydrogen) atoms. The zero-order chi connectivity index (χ0) is 15.2. The van der Waals surface area contributed by atoms with Gasteiger partial charge in [0.25, 0.3) is 0 Å². The number of nitrogens with one attached hydrogen (secondary N) is 1. The van der Waals surface area contributed by atoms with E-state index in [9.17, 15) is 0 Å². The zero-order valence-electron chi connectivity index (χ0n) is 11.6. The summed E-state index contributed by atoms with van der Waals surface area (Å²) in [5, 5.41) is 21.8. The van der Waals surface area contributed by atoms with E-state index in [1.165, 1.54) is 11.3 Å². The smallest absolute Gasteiger partial charge is 0.122 e.